The second kappa shape index (κ2) is 13.4. The molecule has 1 heterocycles. The lowest BCUT2D eigenvalue weighted by atomic mass is 9.86. The Morgan fingerprint density at radius 1 is 1.22 bits per heavy atom. The van der Waals surface area contributed by atoms with Crippen LogP contribution in [0.4, 0.5) is 0 Å². The van der Waals surface area contributed by atoms with E-state index in [0.717, 1.165) is 23.8 Å². The highest BCUT2D eigenvalue weighted by molar-refractivity contribution is 5.82. The van der Waals surface area contributed by atoms with Gasteiger partial charge in [0.25, 0.3) is 0 Å². The summed E-state index contributed by atoms with van der Waals surface area (Å²) in [6.07, 6.45) is 6.15. The molecule has 0 amide bonds. The van der Waals surface area contributed by atoms with Crippen LogP contribution >= 0.6 is 0 Å². The molecule has 1 rings (SSSR count). The average Bonchev–Trinajstić information content (AvgIpc) is 2.85. The average molecular weight is 453 g/mol. The number of carbonyl (C=O) groups excluding carboxylic acids is 3. The largest absolute Gasteiger partial charge is 0.516 e. The van der Waals surface area contributed by atoms with Gasteiger partial charge in [0.15, 0.2) is 0 Å². The third kappa shape index (κ3) is 9.55. The lowest BCUT2D eigenvalue weighted by Gasteiger charge is -2.35. The van der Waals surface area contributed by atoms with Crippen LogP contribution in [-0.2, 0) is 28.6 Å². The SMILES string of the molecule is CC(=O)OCC=C1CC[C@@H](OC(C)=O)[C@](C)(CCCC(C)C(=O)CC(=CO)C(C)C)OC1. The van der Waals surface area contributed by atoms with Gasteiger partial charge in [-0.05, 0) is 62.2 Å². The molecule has 0 aromatic heterocycles. The Morgan fingerprint density at radius 2 is 1.91 bits per heavy atom. The maximum absolute atomic E-state index is 12.5. The fourth-order valence-corrected chi connectivity index (χ4v) is 3.79. The van der Waals surface area contributed by atoms with Gasteiger partial charge in [0.1, 0.15) is 24.1 Å². The summed E-state index contributed by atoms with van der Waals surface area (Å²) in [6, 6.07) is 0. The Balaban J connectivity index is 2.73. The minimum atomic E-state index is -0.667. The molecule has 7 heteroatoms. The van der Waals surface area contributed by atoms with E-state index in [0.29, 0.717) is 32.3 Å². The van der Waals surface area contributed by atoms with Gasteiger partial charge >= 0.3 is 11.9 Å². The Hall–Kier alpha value is -2.15. The summed E-state index contributed by atoms with van der Waals surface area (Å²) in [5, 5.41) is 9.34. The molecule has 1 N–H and O–H groups in total. The Labute approximate surface area is 192 Å². The van der Waals surface area contributed by atoms with Crippen molar-refractivity contribution in [2.24, 2.45) is 11.8 Å². The van der Waals surface area contributed by atoms with Crippen LogP contribution in [0.15, 0.2) is 23.5 Å². The lowest BCUT2D eigenvalue weighted by Crippen LogP contribution is -2.43. The van der Waals surface area contributed by atoms with E-state index >= 15 is 0 Å². The van der Waals surface area contributed by atoms with Crippen molar-refractivity contribution in [3.8, 4) is 0 Å². The van der Waals surface area contributed by atoms with E-state index in [-0.39, 0.29) is 42.6 Å². The fraction of sp³-hybridized carbons (Fsp3) is 0.720. The van der Waals surface area contributed by atoms with Gasteiger partial charge in [0.05, 0.1) is 12.9 Å². The van der Waals surface area contributed by atoms with Crippen molar-refractivity contribution in [2.45, 2.75) is 91.8 Å². The third-order valence-electron chi connectivity index (χ3n) is 6.11. The molecule has 0 saturated carbocycles. The molecule has 1 aliphatic rings. The summed E-state index contributed by atoms with van der Waals surface area (Å²) in [5.41, 5.74) is 1.08. The first-order chi connectivity index (χ1) is 15.0. The van der Waals surface area contributed by atoms with Crippen LogP contribution in [0.5, 0.6) is 0 Å². The third-order valence-corrected chi connectivity index (χ3v) is 6.11. The predicted octanol–water partition coefficient (Wildman–Crippen LogP) is 4.84. The van der Waals surface area contributed by atoms with E-state index in [4.69, 9.17) is 14.2 Å². The van der Waals surface area contributed by atoms with Gasteiger partial charge in [-0.2, -0.15) is 0 Å². The van der Waals surface area contributed by atoms with E-state index in [1.807, 2.05) is 33.8 Å². The highest BCUT2D eigenvalue weighted by Crippen LogP contribution is 2.34. The first-order valence-electron chi connectivity index (χ1n) is 11.5. The summed E-state index contributed by atoms with van der Waals surface area (Å²) in [6.45, 7) is 11.1. The van der Waals surface area contributed by atoms with E-state index in [1.165, 1.54) is 13.8 Å². The van der Waals surface area contributed by atoms with Gasteiger partial charge in [-0.15, -0.1) is 0 Å². The zero-order valence-corrected chi connectivity index (χ0v) is 20.4. The molecule has 3 atom stereocenters. The molecule has 1 saturated heterocycles. The van der Waals surface area contributed by atoms with Crippen LogP contribution in [0.1, 0.15) is 80.1 Å². The molecule has 0 radical (unpaired) electrons. The zero-order chi connectivity index (χ0) is 24.3. The predicted molar refractivity (Wildman–Crippen MR) is 122 cm³/mol. The normalized spacial score (nSPS) is 24.2. The van der Waals surface area contributed by atoms with Gasteiger partial charge < -0.3 is 19.3 Å². The Kier molecular flexibility index (Phi) is 11.7. The molecular weight excluding hydrogens is 412 g/mol. The highest BCUT2D eigenvalue weighted by Gasteiger charge is 2.39. The summed E-state index contributed by atoms with van der Waals surface area (Å²) in [4.78, 5) is 35.2. The van der Waals surface area contributed by atoms with Crippen molar-refractivity contribution in [1.29, 1.82) is 0 Å². The molecular formula is C25H40O7. The second-order valence-electron chi connectivity index (χ2n) is 9.20. The molecule has 0 bridgehead atoms. The van der Waals surface area contributed by atoms with Crippen LogP contribution < -0.4 is 0 Å². The first kappa shape index (κ1) is 27.9. The van der Waals surface area contributed by atoms with Crippen LogP contribution in [-0.4, -0.2) is 47.7 Å². The van der Waals surface area contributed by atoms with Gasteiger partial charge in [-0.3, -0.25) is 14.4 Å². The zero-order valence-electron chi connectivity index (χ0n) is 20.4. The number of allylic oxidation sites excluding steroid dienone is 1. The van der Waals surface area contributed by atoms with Gasteiger partial charge in [0, 0.05) is 26.2 Å². The highest BCUT2D eigenvalue weighted by atomic mass is 16.6. The van der Waals surface area contributed by atoms with Crippen LogP contribution in [0.25, 0.3) is 0 Å². The number of hydrogen-bond acceptors (Lipinski definition) is 7. The standard InChI is InChI=1S/C25H40O7/c1-17(2)22(15-26)14-23(29)18(3)8-7-12-25(6)24(32-20(5)28)10-9-21(16-31-25)11-13-30-19(4)27/h11,15,17-18,24,26H,7-10,12-14,16H2,1-6H3/t18?,24-,25+/m1/s1. The van der Waals surface area contributed by atoms with E-state index in [9.17, 15) is 19.5 Å². The Morgan fingerprint density at radius 3 is 2.47 bits per heavy atom. The minimum absolute atomic E-state index is 0.109. The van der Waals surface area contributed by atoms with E-state index in [2.05, 4.69) is 0 Å². The van der Waals surface area contributed by atoms with Crippen molar-refractivity contribution >= 4 is 17.7 Å². The van der Waals surface area contributed by atoms with Crippen molar-refractivity contribution in [3.05, 3.63) is 23.5 Å². The van der Waals surface area contributed by atoms with Crippen molar-refractivity contribution < 1.29 is 33.7 Å². The smallest absolute Gasteiger partial charge is 0.303 e. The summed E-state index contributed by atoms with van der Waals surface area (Å²) >= 11 is 0. The van der Waals surface area contributed by atoms with Crippen molar-refractivity contribution in [2.75, 3.05) is 13.2 Å². The molecule has 0 spiro atoms. The maximum atomic E-state index is 12.5. The number of Topliss-reactive ketones (excluding diaryl/α,β-unsaturated/α-hetero) is 1. The number of aliphatic hydroxyl groups excluding tert-OH is 1. The second-order valence-corrected chi connectivity index (χ2v) is 9.20. The van der Waals surface area contributed by atoms with Crippen LogP contribution in [0.2, 0.25) is 0 Å². The summed E-state index contributed by atoms with van der Waals surface area (Å²) in [5.74, 6) is -0.583. The number of hydrogen-bond donors (Lipinski definition) is 1. The number of rotatable bonds is 11. The molecule has 182 valence electrons. The molecule has 7 nitrogen and oxygen atoms in total. The van der Waals surface area contributed by atoms with Crippen molar-refractivity contribution in [1.82, 2.24) is 0 Å². The van der Waals surface area contributed by atoms with Crippen molar-refractivity contribution in [3.63, 3.8) is 0 Å². The Bertz CT molecular complexity index is 707. The number of ether oxygens (including phenoxy) is 3. The number of aliphatic hydroxyl groups is 1. The first-order valence-corrected chi connectivity index (χ1v) is 11.5. The molecule has 1 aliphatic heterocycles. The van der Waals surface area contributed by atoms with Gasteiger partial charge in [0.2, 0.25) is 0 Å². The number of ketones is 1. The molecule has 0 aromatic rings. The van der Waals surface area contributed by atoms with Gasteiger partial charge in [-0.1, -0.05) is 20.8 Å². The monoisotopic (exact) mass is 452 g/mol. The molecule has 1 fully saturated rings. The summed E-state index contributed by atoms with van der Waals surface area (Å²) in [7, 11) is 0. The summed E-state index contributed by atoms with van der Waals surface area (Å²) < 4.78 is 16.8. The quantitative estimate of drug-likeness (QED) is 0.272. The molecule has 1 unspecified atom stereocenters. The lowest BCUT2D eigenvalue weighted by molar-refractivity contribution is -0.167. The van der Waals surface area contributed by atoms with E-state index < -0.39 is 11.7 Å². The van der Waals surface area contributed by atoms with Crippen LogP contribution in [0, 0.1) is 11.8 Å². The topological polar surface area (TPSA) is 99.1 Å². The minimum Gasteiger partial charge on any atom is -0.516 e. The number of esters is 2. The number of carbonyl (C=O) groups is 3. The van der Waals surface area contributed by atoms with Gasteiger partial charge in [-0.25, -0.2) is 0 Å². The van der Waals surface area contributed by atoms with E-state index in [1.54, 1.807) is 0 Å². The molecule has 0 aromatic carbocycles. The van der Waals surface area contributed by atoms with Crippen LogP contribution in [0.3, 0.4) is 0 Å². The molecule has 32 heavy (non-hydrogen) atoms. The maximum Gasteiger partial charge on any atom is 0.303 e. The molecule has 0 aliphatic carbocycles. The fourth-order valence-electron chi connectivity index (χ4n) is 3.79.